The van der Waals surface area contributed by atoms with Crippen molar-refractivity contribution in [3.63, 3.8) is 0 Å². The Morgan fingerprint density at radius 1 is 0.532 bits per heavy atom. The van der Waals surface area contributed by atoms with Gasteiger partial charge in [0.1, 0.15) is 72.6 Å². The number of ether oxygens (including phenoxy) is 1. The third kappa shape index (κ3) is 33.6. The van der Waals surface area contributed by atoms with Crippen LogP contribution in [-0.4, -0.2) is 247 Å². The molecule has 1 aromatic heterocycles. The zero-order valence-electron chi connectivity index (χ0n) is 62.8. The summed E-state index contributed by atoms with van der Waals surface area (Å²) in [6.07, 6.45) is -0.879. The molecule has 2 aromatic rings. The van der Waals surface area contributed by atoms with Gasteiger partial charge in [0.05, 0.1) is 51.8 Å². The summed E-state index contributed by atoms with van der Waals surface area (Å²) in [7, 11) is 0. The number of amides is 13. The summed E-state index contributed by atoms with van der Waals surface area (Å²) in [6.45, 7) is 6.58. The highest BCUT2D eigenvalue weighted by Gasteiger charge is 2.41. The van der Waals surface area contributed by atoms with Crippen LogP contribution in [0.15, 0.2) is 30.5 Å². The Hall–Kier alpha value is -11.4. The summed E-state index contributed by atoms with van der Waals surface area (Å²) < 4.78 is 5.71. The smallest absolute Gasteiger partial charge is 0.329 e. The minimum Gasteiger partial charge on any atom is -0.481 e. The van der Waals surface area contributed by atoms with E-state index in [9.17, 15) is 122 Å². The number of aliphatic hydroxyl groups excluding tert-OH is 1. The highest BCUT2D eigenvalue weighted by molar-refractivity contribution is 6.02. The quantitative estimate of drug-likeness (QED) is 0.0230. The van der Waals surface area contributed by atoms with Gasteiger partial charge in [-0.05, 0) is 69.0 Å². The number of para-hydroxylation sites is 1. The first-order chi connectivity index (χ1) is 52.3. The number of aromatic nitrogens is 1. The van der Waals surface area contributed by atoms with E-state index in [0.29, 0.717) is 35.2 Å². The average molecular weight is 1570 g/mol. The molecule has 41 heteroatoms. The highest BCUT2D eigenvalue weighted by Crippen LogP contribution is 2.21. The molecule has 0 spiro atoms. The Balaban J connectivity index is 2.19. The zero-order chi connectivity index (χ0) is 83.4. The van der Waals surface area contributed by atoms with Crippen LogP contribution in [0.4, 0.5) is 0 Å². The number of unbranched alkanes of at least 4 members (excludes halogenated alkanes) is 5. The summed E-state index contributed by atoms with van der Waals surface area (Å²) in [6, 6.07) is -14.8. The van der Waals surface area contributed by atoms with Crippen LogP contribution in [0, 0.1) is 17.8 Å². The summed E-state index contributed by atoms with van der Waals surface area (Å²) in [5, 5.41) is 88.8. The van der Waals surface area contributed by atoms with Crippen molar-refractivity contribution in [3.8, 4) is 0 Å². The molecule has 41 nitrogen and oxygen atoms in total. The van der Waals surface area contributed by atoms with Crippen LogP contribution in [0.2, 0.25) is 0 Å². The minimum absolute atomic E-state index is 0.000466. The van der Waals surface area contributed by atoms with Crippen LogP contribution in [0.25, 0.3) is 10.9 Å². The molecule has 14 unspecified atom stereocenters. The van der Waals surface area contributed by atoms with Crippen LogP contribution in [-0.2, 0) is 102 Å². The molecular weight excluding hydrogens is 1470 g/mol. The summed E-state index contributed by atoms with van der Waals surface area (Å²) >= 11 is 0. The van der Waals surface area contributed by atoms with Gasteiger partial charge in [-0.25, -0.2) is 4.79 Å². The van der Waals surface area contributed by atoms with Crippen molar-refractivity contribution >= 4 is 124 Å². The van der Waals surface area contributed by atoms with E-state index in [0.717, 1.165) is 52.9 Å². The Labute approximate surface area is 637 Å². The second-order valence-electron chi connectivity index (χ2n) is 27.5. The van der Waals surface area contributed by atoms with E-state index >= 15 is 0 Å². The van der Waals surface area contributed by atoms with E-state index in [1.54, 1.807) is 30.5 Å². The maximum Gasteiger partial charge on any atom is 0.329 e. The van der Waals surface area contributed by atoms with Gasteiger partial charge in [-0.3, -0.25) is 86.3 Å². The summed E-state index contributed by atoms with van der Waals surface area (Å²) in [5.41, 5.74) is 6.88. The number of H-pyrrole nitrogens is 1. The second-order valence-corrected chi connectivity index (χ2v) is 27.5. The fraction of sp³-hybridized carbons (Fsp3) is 0.614. The maximum atomic E-state index is 14.6. The monoisotopic (exact) mass is 1570 g/mol. The zero-order valence-corrected chi connectivity index (χ0v) is 62.8. The van der Waals surface area contributed by atoms with E-state index in [-0.39, 0.29) is 38.6 Å². The van der Waals surface area contributed by atoms with Crippen molar-refractivity contribution in [1.82, 2.24) is 74.1 Å². The van der Waals surface area contributed by atoms with Crippen molar-refractivity contribution < 1.29 is 126 Å². The number of rotatable bonds is 35. The van der Waals surface area contributed by atoms with Crippen LogP contribution in [0.5, 0.6) is 0 Å². The maximum absolute atomic E-state index is 14.6. The van der Waals surface area contributed by atoms with E-state index in [2.05, 4.69) is 72.0 Å². The molecule has 1 aliphatic rings. The first-order valence-corrected chi connectivity index (χ1v) is 36.3. The lowest BCUT2D eigenvalue weighted by atomic mass is 9.94. The molecular formula is C70H105N15O26. The number of benzene rings is 1. The third-order valence-electron chi connectivity index (χ3n) is 17.8. The molecule has 22 N–H and O–H groups in total. The predicted octanol–water partition coefficient (Wildman–Crippen LogP) is -4.20. The number of carboxylic acid groups (broad SMARTS) is 5. The van der Waals surface area contributed by atoms with Crippen LogP contribution < -0.4 is 74.9 Å². The van der Waals surface area contributed by atoms with Gasteiger partial charge in [0, 0.05) is 29.9 Å². The third-order valence-corrected chi connectivity index (χ3v) is 17.8. The van der Waals surface area contributed by atoms with E-state index in [1.807, 2.05) is 16.0 Å². The number of aromatic amines is 1. The number of hydrogen-bond donors (Lipinski definition) is 21. The van der Waals surface area contributed by atoms with Gasteiger partial charge in [-0.15, -0.1) is 0 Å². The minimum atomic E-state index is -2.35. The number of carbonyl (C=O) groups is 19. The first-order valence-electron chi connectivity index (χ1n) is 36.3. The van der Waals surface area contributed by atoms with Gasteiger partial charge in [-0.2, -0.15) is 0 Å². The molecule has 0 saturated carbocycles. The molecule has 1 aromatic carbocycles. The Morgan fingerprint density at radius 2 is 1.05 bits per heavy atom. The number of cyclic esters (lactones) is 1. The Morgan fingerprint density at radius 3 is 1.61 bits per heavy atom. The van der Waals surface area contributed by atoms with Crippen molar-refractivity contribution in [1.29, 1.82) is 0 Å². The van der Waals surface area contributed by atoms with Gasteiger partial charge in [0.15, 0.2) is 0 Å². The van der Waals surface area contributed by atoms with Gasteiger partial charge in [-0.1, -0.05) is 97.8 Å². The molecule has 1 aliphatic heterocycles. The summed E-state index contributed by atoms with van der Waals surface area (Å²) in [4.78, 5) is 260. The van der Waals surface area contributed by atoms with Gasteiger partial charge in [0.2, 0.25) is 76.8 Å². The molecule has 2 heterocycles. The highest BCUT2D eigenvalue weighted by atomic mass is 16.5. The van der Waals surface area contributed by atoms with Crippen LogP contribution in [0.1, 0.15) is 157 Å². The summed E-state index contributed by atoms with van der Waals surface area (Å²) in [5.74, 6) is -28.5. The molecule has 13 amide bonds. The lowest BCUT2D eigenvalue weighted by molar-refractivity contribution is -0.158. The van der Waals surface area contributed by atoms with Crippen LogP contribution >= 0.6 is 0 Å². The molecule has 111 heavy (non-hydrogen) atoms. The van der Waals surface area contributed by atoms with E-state index in [1.165, 1.54) is 13.8 Å². The second kappa shape index (κ2) is 47.5. The van der Waals surface area contributed by atoms with E-state index < -0.39 is 249 Å². The molecule has 0 bridgehead atoms. The number of nitrogens with two attached hydrogens (primary N) is 1. The van der Waals surface area contributed by atoms with E-state index in [4.69, 9.17) is 10.5 Å². The Bertz CT molecular complexity index is 3640. The molecule has 0 aliphatic carbocycles. The fourth-order valence-corrected chi connectivity index (χ4v) is 11.4. The van der Waals surface area contributed by atoms with Crippen molar-refractivity contribution in [3.05, 3.63) is 36.0 Å². The van der Waals surface area contributed by atoms with Gasteiger partial charge < -0.3 is 115 Å². The molecule has 14 atom stereocenters. The number of carbonyl (C=O) groups excluding carboxylic acids is 14. The standard InChI is InChI=1S/C70H105N15O26/c1-8-35(4)58-70(110)111-38(7)59(85-66(106)47(29-56(98)99)82-65(105)46(28-55(96)97)81-64(104)43(25-39-30-72-41-20-16-15-19-40(39)41)77-49(87)22-14-12-10-9-11-13-18-34(2)3)68(108)74-32-50(88)76-42(21-17-23-71)62(102)80-45(27-54(94)95)63(103)75-37(6)60(100)79-44(26-53(92)93)61(101)73-31-51(89)78-48(33-86)67(107)83-57(69(109)84-58)36(5)24-52(90)91/h15-16,19-20,30,34-38,42-48,57-59,72,86H,8-14,17-18,21-29,31-33,71H2,1-7H3,(H,73,101)(H,74,108)(H,75,103)(H,76,88)(H,77,87)(H,78,89)(H,79,100)(H,80,102)(H,81,104)(H,82,105)(H,83,107)(H,84,109)(H,85,106)(H,90,91)(H,92,93)(H,94,95)(H,96,97)(H,98,99). The lowest BCUT2D eigenvalue weighted by Gasteiger charge is -2.31. The number of hydrogen-bond acceptors (Lipinski definition) is 22. The van der Waals surface area contributed by atoms with Gasteiger partial charge in [0.25, 0.3) is 0 Å². The van der Waals surface area contributed by atoms with Crippen molar-refractivity contribution in [2.45, 2.75) is 230 Å². The SMILES string of the molecule is CCC(C)C1NC(=O)C(C(C)CC(=O)O)NC(=O)C(CO)NC(=O)CNC(=O)C(CC(=O)O)NC(=O)C(C)NC(=O)C(CC(=O)O)NC(=O)C(CCCN)NC(=O)CNC(=O)C(NC(=O)C(CC(=O)O)NC(=O)C(CC(=O)O)NC(=O)C(Cc2c[nH]c3ccccc23)NC(=O)CCCCCCCCC(C)C)C(C)OC1=O. The van der Waals surface area contributed by atoms with Gasteiger partial charge >= 0.3 is 35.8 Å². The number of fused-ring (bicyclic) bond motifs is 1. The largest absolute Gasteiger partial charge is 0.481 e. The molecule has 0 radical (unpaired) electrons. The van der Waals surface area contributed by atoms with Crippen molar-refractivity contribution in [2.75, 3.05) is 26.2 Å². The number of aliphatic hydroxyl groups is 1. The number of nitrogens with one attached hydrogen (secondary N) is 14. The van der Waals surface area contributed by atoms with Crippen molar-refractivity contribution in [2.24, 2.45) is 23.5 Å². The fourth-order valence-electron chi connectivity index (χ4n) is 11.4. The average Bonchev–Trinajstić information content (AvgIpc) is 1.75. The Kier molecular flexibility index (Phi) is 40.2. The number of carboxylic acids is 5. The number of aliphatic carboxylic acids is 5. The molecule has 1 saturated heterocycles. The molecule has 1 fully saturated rings. The molecule has 616 valence electrons. The topological polar surface area (TPSA) is 653 Å². The van der Waals surface area contributed by atoms with Crippen LogP contribution in [0.3, 0.4) is 0 Å². The normalized spacial score (nSPS) is 21.9. The predicted molar refractivity (Wildman–Crippen MR) is 388 cm³/mol. The first kappa shape index (κ1) is 93.8. The lowest BCUT2D eigenvalue weighted by Crippen LogP contribution is -2.62. The molecule has 3 rings (SSSR count). The number of esters is 1.